The lowest BCUT2D eigenvalue weighted by atomic mass is 10.2. The Morgan fingerprint density at radius 2 is 1.82 bits per heavy atom. The molecule has 0 radical (unpaired) electrons. The van der Waals surface area contributed by atoms with Crippen molar-refractivity contribution in [1.29, 1.82) is 0 Å². The summed E-state index contributed by atoms with van der Waals surface area (Å²) in [5, 5.41) is 4.73. The zero-order chi connectivity index (χ0) is 19.2. The van der Waals surface area contributed by atoms with Crippen molar-refractivity contribution in [2.24, 2.45) is 0 Å². The quantitative estimate of drug-likeness (QED) is 0.628. The lowest BCUT2D eigenvalue weighted by Gasteiger charge is -2.26. The van der Waals surface area contributed by atoms with Gasteiger partial charge < -0.3 is 10.1 Å². The molecule has 0 atom stereocenters. The number of fused-ring (bicyclic) bond motifs is 1. The van der Waals surface area contributed by atoms with Crippen molar-refractivity contribution in [3.05, 3.63) is 65.0 Å². The Morgan fingerprint density at radius 1 is 1.04 bits per heavy atom. The summed E-state index contributed by atoms with van der Waals surface area (Å²) < 4.78 is 7.29. The molecular weight excluding hydrogens is 366 g/mol. The second-order valence-electron chi connectivity index (χ2n) is 7.51. The second-order valence-corrected chi connectivity index (χ2v) is 8.68. The van der Waals surface area contributed by atoms with E-state index < -0.39 is 0 Å². The van der Waals surface area contributed by atoms with Crippen molar-refractivity contribution in [2.75, 3.05) is 46.4 Å². The van der Waals surface area contributed by atoms with Crippen LogP contribution in [-0.2, 0) is 13.1 Å². The molecule has 1 saturated heterocycles. The maximum Gasteiger partial charge on any atom is 0.119 e. The summed E-state index contributed by atoms with van der Waals surface area (Å²) in [6, 6.07) is 19.5. The van der Waals surface area contributed by atoms with Crippen LogP contribution in [0.4, 0.5) is 0 Å². The zero-order valence-electron chi connectivity index (χ0n) is 16.6. The van der Waals surface area contributed by atoms with Crippen LogP contribution in [0.3, 0.4) is 0 Å². The molecule has 1 fully saturated rings. The van der Waals surface area contributed by atoms with Gasteiger partial charge in [-0.1, -0.05) is 30.3 Å². The van der Waals surface area contributed by atoms with Gasteiger partial charge in [-0.25, -0.2) is 0 Å². The van der Waals surface area contributed by atoms with Gasteiger partial charge in [0.15, 0.2) is 0 Å². The van der Waals surface area contributed by atoms with Crippen LogP contribution in [0.15, 0.2) is 54.6 Å². The van der Waals surface area contributed by atoms with E-state index in [2.05, 4.69) is 76.8 Å². The smallest absolute Gasteiger partial charge is 0.119 e. The third kappa shape index (κ3) is 5.32. The number of piperazine rings is 1. The Labute approximate surface area is 171 Å². The molecule has 5 heteroatoms. The number of benzene rings is 2. The zero-order valence-corrected chi connectivity index (χ0v) is 17.4. The standard InChI is InChI=1S/C23H29N3OS/c1-25(18-22-16-20-4-2-3-5-23(20)28-22)17-19-6-8-21(9-7-19)27-15-14-26-12-10-24-11-13-26/h2-9,16,24H,10-15,17-18H2,1H3. The van der Waals surface area contributed by atoms with E-state index in [9.17, 15) is 0 Å². The summed E-state index contributed by atoms with van der Waals surface area (Å²) in [5.41, 5.74) is 1.32. The fourth-order valence-electron chi connectivity index (χ4n) is 3.67. The molecule has 0 saturated carbocycles. The Hall–Kier alpha value is -1.92. The highest BCUT2D eigenvalue weighted by atomic mass is 32.1. The SMILES string of the molecule is CN(Cc1ccc(OCCN2CCNCC2)cc1)Cc1cc2ccccc2s1. The fraction of sp³-hybridized carbons (Fsp3) is 0.391. The average molecular weight is 396 g/mol. The van der Waals surface area contributed by atoms with E-state index in [1.54, 1.807) is 0 Å². The van der Waals surface area contributed by atoms with Gasteiger partial charge in [0.2, 0.25) is 0 Å². The van der Waals surface area contributed by atoms with Crippen LogP contribution >= 0.6 is 11.3 Å². The van der Waals surface area contributed by atoms with Crippen molar-refractivity contribution < 1.29 is 4.74 Å². The highest BCUT2D eigenvalue weighted by molar-refractivity contribution is 7.19. The van der Waals surface area contributed by atoms with E-state index in [1.807, 2.05) is 11.3 Å². The molecule has 0 amide bonds. The molecule has 0 bridgehead atoms. The molecular formula is C23H29N3OS. The van der Waals surface area contributed by atoms with Crippen molar-refractivity contribution in [1.82, 2.24) is 15.1 Å². The van der Waals surface area contributed by atoms with Gasteiger partial charge in [-0.15, -0.1) is 11.3 Å². The summed E-state index contributed by atoms with van der Waals surface area (Å²) in [4.78, 5) is 6.23. The molecule has 0 aliphatic carbocycles. The van der Waals surface area contributed by atoms with Crippen LogP contribution < -0.4 is 10.1 Å². The van der Waals surface area contributed by atoms with Gasteiger partial charge in [0, 0.05) is 55.4 Å². The minimum atomic E-state index is 0.755. The van der Waals surface area contributed by atoms with E-state index >= 15 is 0 Å². The fourth-order valence-corrected chi connectivity index (χ4v) is 4.81. The molecule has 3 aromatic rings. The van der Waals surface area contributed by atoms with Crippen LogP contribution in [-0.4, -0.2) is 56.2 Å². The third-order valence-electron chi connectivity index (χ3n) is 5.16. The largest absolute Gasteiger partial charge is 0.492 e. The van der Waals surface area contributed by atoms with Gasteiger partial charge in [0.1, 0.15) is 12.4 Å². The summed E-state index contributed by atoms with van der Waals surface area (Å²) in [5.74, 6) is 0.964. The molecule has 1 aliphatic heterocycles. The molecule has 148 valence electrons. The molecule has 0 unspecified atom stereocenters. The monoisotopic (exact) mass is 395 g/mol. The van der Waals surface area contributed by atoms with E-state index in [0.29, 0.717) is 0 Å². The lowest BCUT2D eigenvalue weighted by molar-refractivity contribution is 0.191. The van der Waals surface area contributed by atoms with E-state index in [-0.39, 0.29) is 0 Å². The van der Waals surface area contributed by atoms with Gasteiger partial charge in [-0.2, -0.15) is 0 Å². The van der Waals surface area contributed by atoms with Crippen LogP contribution in [0.25, 0.3) is 10.1 Å². The normalized spacial score (nSPS) is 15.4. The van der Waals surface area contributed by atoms with E-state index in [0.717, 1.165) is 58.2 Å². The van der Waals surface area contributed by atoms with Gasteiger partial charge in [0.05, 0.1) is 0 Å². The number of hydrogen-bond donors (Lipinski definition) is 1. The predicted octanol–water partition coefficient (Wildman–Crippen LogP) is 3.82. The van der Waals surface area contributed by atoms with Gasteiger partial charge >= 0.3 is 0 Å². The van der Waals surface area contributed by atoms with Crippen LogP contribution in [0.1, 0.15) is 10.4 Å². The predicted molar refractivity (Wildman–Crippen MR) is 118 cm³/mol. The number of nitrogens with zero attached hydrogens (tertiary/aromatic N) is 2. The molecule has 2 heterocycles. The number of hydrogen-bond acceptors (Lipinski definition) is 5. The third-order valence-corrected chi connectivity index (χ3v) is 6.26. The van der Waals surface area contributed by atoms with Gasteiger partial charge in [-0.05, 0) is 42.3 Å². The molecule has 1 aliphatic rings. The van der Waals surface area contributed by atoms with E-state index in [1.165, 1.54) is 20.5 Å². The summed E-state index contributed by atoms with van der Waals surface area (Å²) in [7, 11) is 2.18. The molecule has 1 N–H and O–H groups in total. The minimum Gasteiger partial charge on any atom is -0.492 e. The first-order valence-corrected chi connectivity index (χ1v) is 10.9. The van der Waals surface area contributed by atoms with Crippen molar-refractivity contribution in [3.63, 3.8) is 0 Å². The van der Waals surface area contributed by atoms with Crippen molar-refractivity contribution >= 4 is 21.4 Å². The van der Waals surface area contributed by atoms with Gasteiger partial charge in [0.25, 0.3) is 0 Å². The van der Waals surface area contributed by atoms with E-state index in [4.69, 9.17) is 4.74 Å². The Bertz CT molecular complexity index is 838. The number of nitrogens with one attached hydrogen (secondary N) is 1. The van der Waals surface area contributed by atoms with Crippen LogP contribution in [0, 0.1) is 0 Å². The molecule has 4 nitrogen and oxygen atoms in total. The lowest BCUT2D eigenvalue weighted by Crippen LogP contribution is -2.44. The van der Waals surface area contributed by atoms with Crippen molar-refractivity contribution in [2.45, 2.75) is 13.1 Å². The summed E-state index contributed by atoms with van der Waals surface area (Å²) in [6.07, 6.45) is 0. The molecule has 0 spiro atoms. The highest BCUT2D eigenvalue weighted by Crippen LogP contribution is 2.26. The number of ether oxygens (including phenoxy) is 1. The van der Waals surface area contributed by atoms with Crippen LogP contribution in [0.2, 0.25) is 0 Å². The highest BCUT2D eigenvalue weighted by Gasteiger charge is 2.09. The van der Waals surface area contributed by atoms with Gasteiger partial charge in [-0.3, -0.25) is 9.80 Å². The maximum atomic E-state index is 5.92. The first-order valence-electron chi connectivity index (χ1n) is 10.1. The number of thiophene rings is 1. The van der Waals surface area contributed by atoms with Crippen LogP contribution in [0.5, 0.6) is 5.75 Å². The first kappa shape index (κ1) is 19.4. The molecule has 28 heavy (non-hydrogen) atoms. The summed E-state index contributed by atoms with van der Waals surface area (Å²) >= 11 is 1.89. The Morgan fingerprint density at radius 3 is 2.61 bits per heavy atom. The molecule has 4 rings (SSSR count). The van der Waals surface area contributed by atoms with Crippen molar-refractivity contribution in [3.8, 4) is 5.75 Å². The minimum absolute atomic E-state index is 0.755. The maximum absolute atomic E-state index is 5.92. The molecule has 1 aromatic heterocycles. The topological polar surface area (TPSA) is 27.7 Å². The molecule has 2 aromatic carbocycles. The Kier molecular flexibility index (Phi) is 6.60. The first-order chi connectivity index (χ1) is 13.8. The Balaban J connectivity index is 1.24. The average Bonchev–Trinajstić information content (AvgIpc) is 3.12. The number of rotatable bonds is 8. The summed E-state index contributed by atoms with van der Waals surface area (Å²) in [6.45, 7) is 8.08. The second kappa shape index (κ2) is 9.52.